The highest BCUT2D eigenvalue weighted by atomic mass is 33.1. The molecule has 1 aromatic rings. The summed E-state index contributed by atoms with van der Waals surface area (Å²) < 4.78 is 18.9. The van der Waals surface area contributed by atoms with Crippen LogP contribution in [0.3, 0.4) is 0 Å². The highest BCUT2D eigenvalue weighted by Crippen LogP contribution is 2.31. The van der Waals surface area contributed by atoms with E-state index in [1.165, 1.54) is 10.5 Å². The van der Waals surface area contributed by atoms with E-state index in [2.05, 4.69) is 31.2 Å². The highest BCUT2D eigenvalue weighted by Gasteiger charge is 1.96. The summed E-state index contributed by atoms with van der Waals surface area (Å²) in [6.45, 7) is 2.07. The normalized spacial score (nSPS) is 12.7. The summed E-state index contributed by atoms with van der Waals surface area (Å²) in [7, 11) is 3.44. The third-order valence-corrected chi connectivity index (χ3v) is 4.83. The minimum atomic E-state index is -1.64. The summed E-state index contributed by atoms with van der Waals surface area (Å²) in [5.74, 6) is 1.28. The zero-order valence-electron chi connectivity index (χ0n) is 8.51. The smallest absolute Gasteiger partial charge is 0.152 e. The van der Waals surface area contributed by atoms with E-state index in [-0.39, 0.29) is 0 Å². The van der Waals surface area contributed by atoms with Crippen LogP contribution in [-0.2, 0) is 11.1 Å². The van der Waals surface area contributed by atoms with Crippen molar-refractivity contribution >= 4 is 32.7 Å². The highest BCUT2D eigenvalue weighted by molar-refractivity contribution is 8.76. The average Bonchev–Trinajstić information content (AvgIpc) is 2.20. The minimum Gasteiger partial charge on any atom is -0.306 e. The molecule has 0 spiro atoms. The van der Waals surface area contributed by atoms with Crippen molar-refractivity contribution in [2.45, 2.75) is 18.2 Å². The summed E-state index contributed by atoms with van der Waals surface area (Å²) in [6, 6.07) is 8.37. The fourth-order valence-electron chi connectivity index (χ4n) is 0.945. The molecule has 0 amide bonds. The third-order valence-electron chi connectivity index (χ3n) is 1.72. The lowest BCUT2D eigenvalue weighted by atomic mass is 10.2. The summed E-state index contributed by atoms with van der Waals surface area (Å²) in [5.41, 5.74) is 1.26. The van der Waals surface area contributed by atoms with Gasteiger partial charge < -0.3 is 4.55 Å². The van der Waals surface area contributed by atoms with Gasteiger partial charge in [0.1, 0.15) is 0 Å². The van der Waals surface area contributed by atoms with Gasteiger partial charge in [0.2, 0.25) is 0 Å². The molecule has 0 radical (unpaired) electrons. The molecule has 84 valence electrons. The summed E-state index contributed by atoms with van der Waals surface area (Å²) in [5, 5.41) is 0. The Morgan fingerprint density at radius 3 is 2.60 bits per heavy atom. The van der Waals surface area contributed by atoms with Crippen LogP contribution in [0.4, 0.5) is 0 Å². The molecule has 5 heteroatoms. The zero-order chi connectivity index (χ0) is 11.1. The van der Waals surface area contributed by atoms with Gasteiger partial charge in [0.25, 0.3) is 0 Å². The minimum absolute atomic E-state index is 0.376. The Balaban J connectivity index is 2.15. The Kier molecular flexibility index (Phi) is 6.40. The van der Waals surface area contributed by atoms with Crippen LogP contribution in [0.25, 0.3) is 0 Å². The second-order valence-corrected chi connectivity index (χ2v) is 6.64. The Bertz CT molecular complexity index is 311. The van der Waals surface area contributed by atoms with Gasteiger partial charge in [0.15, 0.2) is 11.1 Å². The molecule has 2 nitrogen and oxygen atoms in total. The number of benzene rings is 1. The lowest BCUT2D eigenvalue weighted by Gasteiger charge is -2.00. The van der Waals surface area contributed by atoms with Crippen molar-refractivity contribution < 1.29 is 8.76 Å². The Morgan fingerprint density at radius 1 is 1.33 bits per heavy atom. The number of hydrogen-bond acceptors (Lipinski definition) is 3. The van der Waals surface area contributed by atoms with Crippen LogP contribution in [0.2, 0.25) is 0 Å². The Morgan fingerprint density at radius 2 is 2.00 bits per heavy atom. The Labute approximate surface area is 101 Å². The number of hydrogen-bond donors (Lipinski definition) is 1. The van der Waals surface area contributed by atoms with Crippen molar-refractivity contribution in [1.82, 2.24) is 0 Å². The van der Waals surface area contributed by atoms with Gasteiger partial charge in [-0.05, 0) is 25.5 Å². The first kappa shape index (κ1) is 13.1. The van der Waals surface area contributed by atoms with E-state index in [9.17, 15) is 4.21 Å². The molecule has 0 heterocycles. The molecule has 1 atom stereocenters. The third kappa shape index (κ3) is 6.25. The van der Waals surface area contributed by atoms with Crippen molar-refractivity contribution in [3.8, 4) is 0 Å². The lowest BCUT2D eigenvalue weighted by molar-refractivity contribution is 0.563. The van der Waals surface area contributed by atoms with Crippen molar-refractivity contribution in [1.29, 1.82) is 0 Å². The predicted molar refractivity (Wildman–Crippen MR) is 69.7 cm³/mol. The molecule has 1 unspecified atom stereocenters. The number of aryl methyl sites for hydroxylation is 1. The van der Waals surface area contributed by atoms with Crippen molar-refractivity contribution in [3.63, 3.8) is 0 Å². The van der Waals surface area contributed by atoms with E-state index in [0.29, 0.717) is 5.75 Å². The topological polar surface area (TPSA) is 37.3 Å². The van der Waals surface area contributed by atoms with E-state index in [4.69, 9.17) is 4.55 Å². The summed E-state index contributed by atoms with van der Waals surface area (Å²) in [4.78, 5) is 1.23. The van der Waals surface area contributed by atoms with Gasteiger partial charge in [0.05, 0.1) is 5.75 Å². The predicted octanol–water partition coefficient (Wildman–Crippen LogP) is 3.35. The van der Waals surface area contributed by atoms with E-state index in [1.54, 1.807) is 21.6 Å². The standard InChI is InChI=1S/C10H14O2S3/c1-9-3-5-10(6-4-9)14-13-7-2-8-15(11)12/h3-6H,2,7-8H2,1H3,(H,11,12). The van der Waals surface area contributed by atoms with Crippen LogP contribution in [-0.4, -0.2) is 20.3 Å². The quantitative estimate of drug-likeness (QED) is 0.485. The van der Waals surface area contributed by atoms with Gasteiger partial charge in [-0.3, -0.25) is 0 Å². The fourth-order valence-corrected chi connectivity index (χ4v) is 3.59. The maximum absolute atomic E-state index is 10.4. The SMILES string of the molecule is Cc1ccc(SSCCCS(=O)O)cc1. The Hall–Kier alpha value is 0.0300. The van der Waals surface area contributed by atoms with Crippen molar-refractivity contribution in [2.75, 3.05) is 11.5 Å². The summed E-state index contributed by atoms with van der Waals surface area (Å²) >= 11 is -1.64. The molecular weight excluding hydrogens is 248 g/mol. The lowest BCUT2D eigenvalue weighted by Crippen LogP contribution is -1.95. The van der Waals surface area contributed by atoms with Crippen LogP contribution in [0.1, 0.15) is 12.0 Å². The van der Waals surface area contributed by atoms with Crippen molar-refractivity contribution in [3.05, 3.63) is 29.8 Å². The van der Waals surface area contributed by atoms with Gasteiger partial charge in [-0.25, -0.2) is 4.21 Å². The summed E-state index contributed by atoms with van der Waals surface area (Å²) in [6.07, 6.45) is 0.784. The largest absolute Gasteiger partial charge is 0.306 e. The maximum Gasteiger partial charge on any atom is 0.152 e. The van der Waals surface area contributed by atoms with E-state index >= 15 is 0 Å². The number of rotatable bonds is 6. The molecule has 1 N–H and O–H groups in total. The molecule has 0 aliphatic carbocycles. The van der Waals surface area contributed by atoms with E-state index < -0.39 is 11.1 Å². The molecule has 15 heavy (non-hydrogen) atoms. The van der Waals surface area contributed by atoms with Gasteiger partial charge in [-0.2, -0.15) is 0 Å². The molecule has 1 aromatic carbocycles. The maximum atomic E-state index is 10.4. The van der Waals surface area contributed by atoms with E-state index in [1.807, 2.05) is 0 Å². The first-order valence-electron chi connectivity index (χ1n) is 4.62. The van der Waals surface area contributed by atoms with Gasteiger partial charge in [-0.1, -0.05) is 39.3 Å². The molecule has 0 aliphatic rings. The van der Waals surface area contributed by atoms with Crippen molar-refractivity contribution in [2.24, 2.45) is 0 Å². The second-order valence-electron chi connectivity index (χ2n) is 3.10. The molecule has 1 rings (SSSR count). The average molecular weight is 262 g/mol. The molecule has 0 fully saturated rings. The zero-order valence-corrected chi connectivity index (χ0v) is 11.0. The van der Waals surface area contributed by atoms with Gasteiger partial charge >= 0.3 is 0 Å². The van der Waals surface area contributed by atoms with Crippen LogP contribution in [0, 0.1) is 6.92 Å². The van der Waals surface area contributed by atoms with Crippen LogP contribution in [0.15, 0.2) is 29.2 Å². The molecular formula is C10H14O2S3. The first-order valence-corrected chi connectivity index (χ1v) is 8.21. The van der Waals surface area contributed by atoms with Gasteiger partial charge in [-0.15, -0.1) is 0 Å². The van der Waals surface area contributed by atoms with Gasteiger partial charge in [0, 0.05) is 10.6 Å². The molecule has 0 saturated heterocycles. The molecule has 0 saturated carbocycles. The first-order chi connectivity index (χ1) is 7.18. The second kappa shape index (κ2) is 7.33. The molecule has 0 aromatic heterocycles. The van der Waals surface area contributed by atoms with Crippen LogP contribution >= 0.6 is 21.6 Å². The monoisotopic (exact) mass is 262 g/mol. The van der Waals surface area contributed by atoms with E-state index in [0.717, 1.165) is 12.2 Å². The van der Waals surface area contributed by atoms with Crippen LogP contribution < -0.4 is 0 Å². The molecule has 0 bridgehead atoms. The fraction of sp³-hybridized carbons (Fsp3) is 0.400. The molecule has 0 aliphatic heterocycles. The van der Waals surface area contributed by atoms with Crippen LogP contribution in [0.5, 0.6) is 0 Å².